The van der Waals surface area contributed by atoms with Crippen LogP contribution in [0.3, 0.4) is 0 Å². The topological polar surface area (TPSA) is 6.48 Å². The average molecular weight is 1080 g/mol. The summed E-state index contributed by atoms with van der Waals surface area (Å²) in [5.74, 6) is 0. The van der Waals surface area contributed by atoms with Crippen molar-refractivity contribution in [2.24, 2.45) is 0 Å². The van der Waals surface area contributed by atoms with E-state index in [9.17, 15) is 0 Å². The molecule has 0 saturated heterocycles. The minimum atomic E-state index is -0.0369. The van der Waals surface area contributed by atoms with Crippen molar-refractivity contribution in [1.29, 1.82) is 0 Å². The van der Waals surface area contributed by atoms with Gasteiger partial charge in [0, 0.05) is 43.3 Å². The van der Waals surface area contributed by atoms with Gasteiger partial charge in [0.05, 0.1) is 5.69 Å². The Kier molecular flexibility index (Phi) is 11.1. The molecule has 3 heterocycles. The van der Waals surface area contributed by atoms with E-state index in [2.05, 4.69) is 264 Å². The van der Waals surface area contributed by atoms with Gasteiger partial charge in [0.15, 0.2) is 0 Å². The van der Waals surface area contributed by atoms with Gasteiger partial charge in [-0.05, 0) is 225 Å². The Hall–Kier alpha value is -5.06. The molecule has 0 N–H and O–H groups in total. The molecule has 4 aliphatic carbocycles. The van der Waals surface area contributed by atoms with E-state index >= 15 is 0 Å². The molecular weight excluding hydrogens is 984 g/mol. The van der Waals surface area contributed by atoms with E-state index in [0.717, 1.165) is 12.8 Å². The zero-order valence-corrected chi connectivity index (χ0v) is 54.1. The predicted molar refractivity (Wildman–Crippen MR) is 351 cm³/mol. The van der Waals surface area contributed by atoms with Crippen molar-refractivity contribution in [2.45, 2.75) is 245 Å². The third kappa shape index (κ3) is 7.73. The first-order chi connectivity index (χ1) is 36.8. The Labute approximate surface area is 487 Å². The summed E-state index contributed by atoms with van der Waals surface area (Å²) < 4.78 is 2.82. The molecule has 0 saturated carbocycles. The van der Waals surface area contributed by atoms with Crippen LogP contribution >= 0.6 is 11.3 Å². The van der Waals surface area contributed by atoms with Gasteiger partial charge in [0.1, 0.15) is 0 Å². The minimum absolute atomic E-state index is 0.0155. The maximum atomic E-state index is 2.81. The van der Waals surface area contributed by atoms with Crippen LogP contribution in [0.5, 0.6) is 0 Å². The molecule has 0 unspecified atom stereocenters. The highest BCUT2D eigenvalue weighted by molar-refractivity contribution is 7.33. The molecule has 1 aromatic heterocycles. The highest BCUT2D eigenvalue weighted by Gasteiger charge is 2.53. The lowest BCUT2D eigenvalue weighted by Gasteiger charge is -2.47. The van der Waals surface area contributed by atoms with Crippen molar-refractivity contribution in [1.82, 2.24) is 0 Å². The maximum absolute atomic E-state index is 2.81. The molecule has 13 rings (SSSR count). The van der Waals surface area contributed by atoms with Crippen molar-refractivity contribution in [3.63, 3.8) is 0 Å². The Morgan fingerprint density at radius 2 is 0.887 bits per heavy atom. The smallest absolute Gasteiger partial charge is 0.264 e. The van der Waals surface area contributed by atoms with E-state index in [1.54, 1.807) is 22.3 Å². The first kappa shape index (κ1) is 54.2. The summed E-state index contributed by atoms with van der Waals surface area (Å²) in [6.45, 7) is 54.7. The fourth-order valence-electron chi connectivity index (χ4n) is 17.5. The van der Waals surface area contributed by atoms with Gasteiger partial charge in [-0.3, -0.25) is 0 Å². The molecule has 2 aliphatic heterocycles. The second kappa shape index (κ2) is 16.4. The van der Waals surface area contributed by atoms with Crippen LogP contribution in [0.1, 0.15) is 246 Å². The van der Waals surface area contributed by atoms with E-state index < -0.39 is 0 Å². The summed E-state index contributed by atoms with van der Waals surface area (Å²) in [5.41, 5.74) is 28.9. The standard InChI is InChI=1S/C76H93BN2S/c1-67(2,3)45-23-26-47(27-24-45)79-59-36-44(61-62-54(73(15,16)42-75(62,19)20)39-55-63(61)76(21,22)43-74(55,17)18)35-58-64(59)77(66-65(79)49-37-46(68(4,5)6)25-30-60(49)80-66)56-40-52-53(72(13,14)34-33-71(52,11)12)41-57(56)78(58)48-28-29-50-51(38-48)70(9,10)32-31-69(50,7)8/h23-30,35-41H,31-34,42-43H2,1-22H3. The van der Waals surface area contributed by atoms with Crippen LogP contribution in [0.4, 0.5) is 34.1 Å². The summed E-state index contributed by atoms with van der Waals surface area (Å²) in [6, 6.07) is 38.6. The molecule has 80 heavy (non-hydrogen) atoms. The Morgan fingerprint density at radius 1 is 0.412 bits per heavy atom. The van der Waals surface area contributed by atoms with Crippen molar-refractivity contribution in [3.05, 3.63) is 147 Å². The molecule has 2 nitrogen and oxygen atoms in total. The summed E-state index contributed by atoms with van der Waals surface area (Å²) in [6.07, 6.45) is 6.96. The van der Waals surface area contributed by atoms with Crippen LogP contribution in [-0.4, -0.2) is 6.71 Å². The molecular formula is C76H93BN2S. The monoisotopic (exact) mass is 1080 g/mol. The molecule has 7 aromatic rings. The third-order valence-corrected chi connectivity index (χ3v) is 23.0. The van der Waals surface area contributed by atoms with Crippen LogP contribution in [-0.2, 0) is 54.1 Å². The fraction of sp³-hybridized carbons (Fsp3) is 0.500. The average Bonchev–Trinajstić information content (AvgIpc) is 3.34. The largest absolute Gasteiger partial charge is 0.311 e. The van der Waals surface area contributed by atoms with Crippen LogP contribution in [0.25, 0.3) is 21.2 Å². The number of hydrogen-bond donors (Lipinski definition) is 0. The van der Waals surface area contributed by atoms with E-state index in [1.165, 1.54) is 130 Å². The lowest BCUT2D eigenvalue weighted by atomic mass is 9.35. The number of anilines is 6. The highest BCUT2D eigenvalue weighted by atomic mass is 32.1. The summed E-state index contributed by atoms with van der Waals surface area (Å²) in [5, 5.41) is 1.37. The molecule has 6 aliphatic rings. The minimum Gasteiger partial charge on any atom is -0.311 e. The second-order valence-corrected chi connectivity index (χ2v) is 34.9. The summed E-state index contributed by atoms with van der Waals surface area (Å²) in [4.78, 5) is 5.58. The Balaban J connectivity index is 1.24. The first-order valence-corrected chi connectivity index (χ1v) is 31.7. The van der Waals surface area contributed by atoms with Gasteiger partial charge in [-0.1, -0.05) is 189 Å². The molecule has 0 radical (unpaired) electrons. The summed E-state index contributed by atoms with van der Waals surface area (Å²) >= 11 is 2.05. The van der Waals surface area contributed by atoms with E-state index in [1.807, 2.05) is 0 Å². The van der Waals surface area contributed by atoms with Crippen LogP contribution < -0.4 is 25.5 Å². The summed E-state index contributed by atoms with van der Waals surface area (Å²) in [7, 11) is 0. The fourth-order valence-corrected chi connectivity index (χ4v) is 18.8. The van der Waals surface area contributed by atoms with Crippen molar-refractivity contribution >= 4 is 78.0 Å². The van der Waals surface area contributed by atoms with E-state index in [0.29, 0.717) is 0 Å². The highest BCUT2D eigenvalue weighted by Crippen LogP contribution is 2.62. The zero-order valence-electron chi connectivity index (χ0n) is 53.3. The first-order valence-electron chi connectivity index (χ1n) is 30.9. The third-order valence-electron chi connectivity index (χ3n) is 21.8. The Morgan fingerprint density at radius 3 is 1.43 bits per heavy atom. The molecule has 0 amide bonds. The van der Waals surface area contributed by atoms with Gasteiger partial charge < -0.3 is 9.80 Å². The van der Waals surface area contributed by atoms with Crippen LogP contribution in [0.2, 0.25) is 0 Å². The van der Waals surface area contributed by atoms with Gasteiger partial charge >= 0.3 is 0 Å². The molecule has 0 spiro atoms. The van der Waals surface area contributed by atoms with Gasteiger partial charge in [-0.15, -0.1) is 11.3 Å². The lowest BCUT2D eigenvalue weighted by Crippen LogP contribution is -2.61. The van der Waals surface area contributed by atoms with E-state index in [4.69, 9.17) is 0 Å². The van der Waals surface area contributed by atoms with Crippen LogP contribution in [0, 0.1) is 0 Å². The SMILES string of the molecule is CC(C)(C)c1ccc(N2c3cc(-c4c5c(cc6c4C(C)(C)CC6(C)C)C(C)(C)CC5(C)C)cc4c3B(c3cc5c(cc3N4c3ccc4c(c3)C(C)(C)CCC4(C)C)C(C)(C)CCC5(C)C)c3sc4ccc(C(C)(C)C)cc4c32)cc1. The molecule has 416 valence electrons. The molecule has 0 bridgehead atoms. The molecule has 0 atom stereocenters. The van der Waals surface area contributed by atoms with Gasteiger partial charge in [-0.2, -0.15) is 0 Å². The number of benzene rings is 6. The molecule has 0 fully saturated rings. The van der Waals surface area contributed by atoms with E-state index in [-0.39, 0.29) is 60.9 Å². The van der Waals surface area contributed by atoms with Crippen molar-refractivity contribution in [3.8, 4) is 11.1 Å². The van der Waals surface area contributed by atoms with Gasteiger partial charge in [-0.25, -0.2) is 0 Å². The van der Waals surface area contributed by atoms with Crippen LogP contribution in [0.15, 0.2) is 91.0 Å². The number of nitrogens with zero attached hydrogens (tertiary/aromatic N) is 2. The quantitative estimate of drug-likeness (QED) is 0.163. The number of hydrogen-bond acceptors (Lipinski definition) is 3. The maximum Gasteiger partial charge on any atom is 0.264 e. The lowest BCUT2D eigenvalue weighted by molar-refractivity contribution is 0.332. The molecule has 6 aromatic carbocycles. The van der Waals surface area contributed by atoms with Crippen molar-refractivity contribution in [2.75, 3.05) is 9.80 Å². The number of rotatable bonds is 3. The second-order valence-electron chi connectivity index (χ2n) is 33.8. The number of thiophene rings is 1. The Bertz CT molecular complexity index is 3760. The molecule has 4 heteroatoms. The predicted octanol–water partition coefficient (Wildman–Crippen LogP) is 19.9. The van der Waals surface area contributed by atoms with Gasteiger partial charge in [0.2, 0.25) is 0 Å². The van der Waals surface area contributed by atoms with Gasteiger partial charge in [0.25, 0.3) is 6.71 Å². The number of fused-ring (bicyclic) bond motifs is 10. The zero-order chi connectivity index (χ0) is 57.6. The van der Waals surface area contributed by atoms with Crippen molar-refractivity contribution < 1.29 is 0 Å². The normalized spacial score (nSPS) is 21.6.